The number of hydrogen-bond acceptors (Lipinski definition) is 4. The summed E-state index contributed by atoms with van der Waals surface area (Å²) in [6, 6.07) is 25.8. The fraction of sp³-hybridized carbons (Fsp3) is 0. The quantitative estimate of drug-likeness (QED) is 0.451. The zero-order valence-electron chi connectivity index (χ0n) is 13.4. The third-order valence-corrected chi connectivity index (χ3v) is 4.70. The summed E-state index contributed by atoms with van der Waals surface area (Å²) in [4.78, 5) is 4.62. The van der Waals surface area contributed by atoms with Crippen molar-refractivity contribution in [3.8, 4) is 28.1 Å². The number of nitrogens with one attached hydrogen (secondary N) is 1. The predicted molar refractivity (Wildman–Crippen MR) is 104 cm³/mol. The number of phenolic OH excluding ortho intramolecular Hbond substituents is 1. The van der Waals surface area contributed by atoms with Gasteiger partial charge in [-0.2, -0.15) is 0 Å². The van der Waals surface area contributed by atoms with Gasteiger partial charge >= 0.3 is 0 Å². The average Bonchev–Trinajstić information content (AvgIpc) is 3.13. The number of anilines is 2. The first-order valence-corrected chi connectivity index (χ1v) is 8.84. The van der Waals surface area contributed by atoms with Crippen molar-refractivity contribution in [2.45, 2.75) is 0 Å². The minimum absolute atomic E-state index is 0.214. The fourth-order valence-corrected chi connectivity index (χ4v) is 3.35. The number of aromatic hydroxyl groups is 1. The molecule has 122 valence electrons. The van der Waals surface area contributed by atoms with Crippen LogP contribution in [0.15, 0.2) is 84.2 Å². The molecule has 0 aliphatic heterocycles. The lowest BCUT2D eigenvalue weighted by molar-refractivity contribution is 0.478. The maximum Gasteiger partial charge on any atom is 0.187 e. The van der Waals surface area contributed by atoms with Gasteiger partial charge in [-0.1, -0.05) is 66.7 Å². The number of hydrogen-bond donors (Lipinski definition) is 2. The molecule has 4 rings (SSSR count). The summed E-state index contributed by atoms with van der Waals surface area (Å²) < 4.78 is 0. The number of phenols is 1. The largest absolute Gasteiger partial charge is 0.506 e. The second kappa shape index (κ2) is 6.79. The third-order valence-electron chi connectivity index (χ3n) is 3.94. The Morgan fingerprint density at radius 2 is 1.36 bits per heavy atom. The molecule has 4 aromatic rings. The van der Waals surface area contributed by atoms with Crippen molar-refractivity contribution in [1.82, 2.24) is 4.98 Å². The summed E-state index contributed by atoms with van der Waals surface area (Å²) in [7, 11) is 0. The van der Waals surface area contributed by atoms with E-state index in [2.05, 4.69) is 46.7 Å². The highest BCUT2D eigenvalue weighted by molar-refractivity contribution is 7.14. The second-order valence-corrected chi connectivity index (χ2v) is 6.48. The normalized spacial score (nSPS) is 10.6. The monoisotopic (exact) mass is 344 g/mol. The average molecular weight is 344 g/mol. The number of thiazole rings is 1. The standard InChI is InChI=1S/C21H16N2OS/c24-20-9-5-4-8-18(20)22-21-23-19(14-25-21)17-12-10-16(11-13-17)15-6-2-1-3-7-15/h1-14,24H,(H,22,23). The Hall–Kier alpha value is -3.11. The molecule has 3 aromatic carbocycles. The Balaban J connectivity index is 1.55. The molecule has 0 aliphatic rings. The van der Waals surface area contributed by atoms with Crippen molar-refractivity contribution in [2.24, 2.45) is 0 Å². The lowest BCUT2D eigenvalue weighted by Crippen LogP contribution is -1.89. The first-order chi connectivity index (χ1) is 12.3. The maximum absolute atomic E-state index is 9.85. The molecule has 0 atom stereocenters. The van der Waals surface area contributed by atoms with Crippen LogP contribution in [0.1, 0.15) is 0 Å². The summed E-state index contributed by atoms with van der Waals surface area (Å²) in [6.45, 7) is 0. The summed E-state index contributed by atoms with van der Waals surface area (Å²) in [5.74, 6) is 0.214. The number of rotatable bonds is 4. The van der Waals surface area contributed by atoms with Gasteiger partial charge in [0.25, 0.3) is 0 Å². The lowest BCUT2D eigenvalue weighted by atomic mass is 10.0. The third kappa shape index (κ3) is 3.39. The highest BCUT2D eigenvalue weighted by atomic mass is 32.1. The molecule has 1 heterocycles. The molecule has 3 nitrogen and oxygen atoms in total. The van der Waals surface area contributed by atoms with Gasteiger partial charge in [-0.05, 0) is 23.3 Å². The van der Waals surface area contributed by atoms with E-state index in [-0.39, 0.29) is 5.75 Å². The van der Waals surface area contributed by atoms with E-state index in [1.807, 2.05) is 35.7 Å². The molecule has 0 saturated heterocycles. The van der Waals surface area contributed by atoms with Gasteiger partial charge in [0, 0.05) is 10.9 Å². The molecular weight excluding hydrogens is 328 g/mol. The smallest absolute Gasteiger partial charge is 0.187 e. The summed E-state index contributed by atoms with van der Waals surface area (Å²) in [6.07, 6.45) is 0. The molecule has 2 N–H and O–H groups in total. The minimum atomic E-state index is 0.214. The van der Waals surface area contributed by atoms with Crippen molar-refractivity contribution >= 4 is 22.2 Å². The number of nitrogens with zero attached hydrogens (tertiary/aromatic N) is 1. The van der Waals surface area contributed by atoms with Gasteiger partial charge in [0.05, 0.1) is 11.4 Å². The molecule has 0 radical (unpaired) electrons. The van der Waals surface area contributed by atoms with Crippen LogP contribution in [0.25, 0.3) is 22.4 Å². The molecular formula is C21H16N2OS. The second-order valence-electron chi connectivity index (χ2n) is 5.62. The van der Waals surface area contributed by atoms with Crippen LogP contribution in [0.3, 0.4) is 0 Å². The van der Waals surface area contributed by atoms with E-state index in [0.29, 0.717) is 5.69 Å². The Bertz CT molecular complexity index is 978. The highest BCUT2D eigenvalue weighted by Gasteiger charge is 2.07. The Kier molecular flexibility index (Phi) is 4.19. The molecule has 0 spiro atoms. The van der Waals surface area contributed by atoms with Crippen LogP contribution in [-0.4, -0.2) is 10.1 Å². The fourth-order valence-electron chi connectivity index (χ4n) is 2.62. The van der Waals surface area contributed by atoms with E-state index in [9.17, 15) is 5.11 Å². The number of benzene rings is 3. The van der Waals surface area contributed by atoms with Crippen molar-refractivity contribution in [3.63, 3.8) is 0 Å². The molecule has 0 saturated carbocycles. The maximum atomic E-state index is 9.85. The molecule has 0 amide bonds. The van der Waals surface area contributed by atoms with Gasteiger partial charge in [-0.25, -0.2) is 4.98 Å². The lowest BCUT2D eigenvalue weighted by Gasteiger charge is -2.04. The van der Waals surface area contributed by atoms with Crippen LogP contribution < -0.4 is 5.32 Å². The van der Waals surface area contributed by atoms with Crippen molar-refractivity contribution < 1.29 is 5.11 Å². The molecule has 0 fully saturated rings. The van der Waals surface area contributed by atoms with Gasteiger partial charge < -0.3 is 10.4 Å². The van der Waals surface area contributed by atoms with E-state index in [1.165, 1.54) is 22.5 Å². The highest BCUT2D eigenvalue weighted by Crippen LogP contribution is 2.31. The van der Waals surface area contributed by atoms with Crippen LogP contribution in [0.2, 0.25) is 0 Å². The van der Waals surface area contributed by atoms with E-state index in [0.717, 1.165) is 16.4 Å². The minimum Gasteiger partial charge on any atom is -0.506 e. The van der Waals surface area contributed by atoms with Crippen LogP contribution in [0, 0.1) is 0 Å². The van der Waals surface area contributed by atoms with Crippen molar-refractivity contribution in [3.05, 3.63) is 84.2 Å². The van der Waals surface area contributed by atoms with E-state index >= 15 is 0 Å². The van der Waals surface area contributed by atoms with Crippen LogP contribution >= 0.6 is 11.3 Å². The van der Waals surface area contributed by atoms with Crippen LogP contribution in [0.5, 0.6) is 5.75 Å². The zero-order valence-corrected chi connectivity index (χ0v) is 14.2. The molecule has 1 aromatic heterocycles. The van der Waals surface area contributed by atoms with Crippen LogP contribution in [0.4, 0.5) is 10.8 Å². The van der Waals surface area contributed by atoms with Crippen LogP contribution in [-0.2, 0) is 0 Å². The number of aromatic nitrogens is 1. The topological polar surface area (TPSA) is 45.1 Å². The zero-order chi connectivity index (χ0) is 17.1. The van der Waals surface area contributed by atoms with Gasteiger partial charge in [0.1, 0.15) is 5.75 Å². The molecule has 0 bridgehead atoms. The van der Waals surface area contributed by atoms with Gasteiger partial charge in [0.15, 0.2) is 5.13 Å². The Morgan fingerprint density at radius 3 is 2.12 bits per heavy atom. The number of para-hydroxylation sites is 2. The van der Waals surface area contributed by atoms with E-state index < -0.39 is 0 Å². The van der Waals surface area contributed by atoms with E-state index in [1.54, 1.807) is 12.1 Å². The van der Waals surface area contributed by atoms with Gasteiger partial charge in [-0.3, -0.25) is 0 Å². The van der Waals surface area contributed by atoms with Crippen molar-refractivity contribution in [2.75, 3.05) is 5.32 Å². The Labute approximate surface area is 150 Å². The van der Waals surface area contributed by atoms with Crippen molar-refractivity contribution in [1.29, 1.82) is 0 Å². The molecule has 0 unspecified atom stereocenters. The van der Waals surface area contributed by atoms with E-state index in [4.69, 9.17) is 0 Å². The molecule has 25 heavy (non-hydrogen) atoms. The first kappa shape index (κ1) is 15.4. The molecule has 4 heteroatoms. The van der Waals surface area contributed by atoms with Gasteiger partial charge in [-0.15, -0.1) is 11.3 Å². The molecule has 0 aliphatic carbocycles. The SMILES string of the molecule is Oc1ccccc1Nc1nc(-c2ccc(-c3ccccc3)cc2)cs1. The summed E-state index contributed by atoms with van der Waals surface area (Å²) in [5.41, 5.74) is 5.04. The van der Waals surface area contributed by atoms with Gasteiger partial charge in [0.2, 0.25) is 0 Å². The summed E-state index contributed by atoms with van der Waals surface area (Å²) in [5, 5.41) is 15.8. The first-order valence-electron chi connectivity index (χ1n) is 7.96. The predicted octanol–water partition coefficient (Wildman–Crippen LogP) is 5.93. The Morgan fingerprint density at radius 1 is 0.720 bits per heavy atom. The summed E-state index contributed by atoms with van der Waals surface area (Å²) >= 11 is 1.52.